The molecule has 2 saturated heterocycles. The number of nitrogens with zero attached hydrogens (tertiary/aromatic N) is 6. The molecule has 12 heteroatoms. The number of ether oxygens (including phenoxy) is 1. The summed E-state index contributed by atoms with van der Waals surface area (Å²) < 4.78 is 22.0. The number of piperidine rings is 1. The Bertz CT molecular complexity index is 1440. The van der Waals surface area contributed by atoms with E-state index < -0.39 is 5.82 Å². The first-order chi connectivity index (χ1) is 18.6. The first-order valence-electron chi connectivity index (χ1n) is 12.8. The topological polar surface area (TPSA) is 119 Å². The number of aromatic nitrogens is 5. The minimum absolute atomic E-state index is 0. The van der Waals surface area contributed by atoms with Crippen molar-refractivity contribution in [3.8, 4) is 28.3 Å². The molecule has 0 spiro atoms. The highest BCUT2D eigenvalue weighted by Gasteiger charge is 2.24. The van der Waals surface area contributed by atoms with Gasteiger partial charge in [-0.15, -0.1) is 12.4 Å². The van der Waals surface area contributed by atoms with E-state index in [1.165, 1.54) is 13.2 Å². The van der Waals surface area contributed by atoms with Crippen molar-refractivity contribution in [1.82, 2.24) is 30.0 Å². The molecule has 4 aromatic rings. The van der Waals surface area contributed by atoms with E-state index in [4.69, 9.17) is 10.5 Å². The molecule has 2 aliphatic rings. The first kappa shape index (κ1) is 26.8. The number of benzene rings is 1. The maximum absolute atomic E-state index is 14.6. The fourth-order valence-electron chi connectivity index (χ4n) is 4.93. The largest absolute Gasteiger partial charge is 0.496 e. The molecular weight excluding hydrogens is 521 g/mol. The molecule has 0 aliphatic carbocycles. The van der Waals surface area contributed by atoms with Gasteiger partial charge < -0.3 is 26.0 Å². The van der Waals surface area contributed by atoms with Gasteiger partial charge in [0.05, 0.1) is 24.9 Å². The van der Waals surface area contributed by atoms with Crippen molar-refractivity contribution in [1.29, 1.82) is 0 Å². The molecule has 5 heterocycles. The van der Waals surface area contributed by atoms with E-state index in [1.807, 2.05) is 23.1 Å². The fraction of sp³-hybridized carbons (Fsp3) is 0.333. The van der Waals surface area contributed by atoms with Crippen LogP contribution in [0.3, 0.4) is 0 Å². The molecule has 3 aromatic heterocycles. The normalized spacial score (nSPS) is 17.3. The summed E-state index contributed by atoms with van der Waals surface area (Å²) in [5.74, 6) is 1.25. The zero-order valence-electron chi connectivity index (χ0n) is 21.5. The van der Waals surface area contributed by atoms with Gasteiger partial charge >= 0.3 is 0 Å². The van der Waals surface area contributed by atoms with Crippen molar-refractivity contribution in [3.05, 3.63) is 60.9 Å². The summed E-state index contributed by atoms with van der Waals surface area (Å²) in [6.45, 7) is 3.53. The third-order valence-corrected chi connectivity index (χ3v) is 7.06. The van der Waals surface area contributed by atoms with E-state index >= 15 is 0 Å². The van der Waals surface area contributed by atoms with Gasteiger partial charge in [0.2, 0.25) is 0 Å². The summed E-state index contributed by atoms with van der Waals surface area (Å²) in [7, 11) is 1.49. The van der Waals surface area contributed by atoms with Crippen LogP contribution in [0.15, 0.2) is 55.1 Å². The van der Waals surface area contributed by atoms with Gasteiger partial charge in [0.1, 0.15) is 23.2 Å². The van der Waals surface area contributed by atoms with Crippen molar-refractivity contribution in [2.24, 2.45) is 5.73 Å². The first-order valence-corrected chi connectivity index (χ1v) is 12.8. The Labute approximate surface area is 232 Å². The van der Waals surface area contributed by atoms with E-state index in [1.54, 1.807) is 24.4 Å². The number of methoxy groups -OCH3 is 1. The Morgan fingerprint density at radius 1 is 1.15 bits per heavy atom. The molecule has 0 radical (unpaired) electrons. The molecule has 0 unspecified atom stereocenters. The quantitative estimate of drug-likeness (QED) is 0.315. The molecule has 0 saturated carbocycles. The van der Waals surface area contributed by atoms with Crippen LogP contribution in [0.25, 0.3) is 22.5 Å². The van der Waals surface area contributed by atoms with Crippen LogP contribution in [0.5, 0.6) is 5.75 Å². The number of hydrogen-bond donors (Lipinski definition) is 3. The van der Waals surface area contributed by atoms with Crippen molar-refractivity contribution in [2.45, 2.75) is 24.9 Å². The average molecular weight is 552 g/mol. The third kappa shape index (κ3) is 5.51. The SMILES string of the molecule is COc1cccc(F)c1-c1nccc(Nc2cc(N3CCC[C@H](N)C3)c(-c3cnn(C4CNC4)c3)cn2)n1.Cl. The number of rotatable bonds is 7. The van der Waals surface area contributed by atoms with Gasteiger partial charge in [0.15, 0.2) is 5.82 Å². The Hall–Kier alpha value is -3.80. The van der Waals surface area contributed by atoms with Crippen molar-refractivity contribution in [3.63, 3.8) is 0 Å². The van der Waals surface area contributed by atoms with Gasteiger partial charge in [-0.3, -0.25) is 4.68 Å². The summed E-state index contributed by atoms with van der Waals surface area (Å²) in [6, 6.07) is 8.87. The fourth-order valence-corrected chi connectivity index (χ4v) is 4.93. The van der Waals surface area contributed by atoms with Crippen LogP contribution in [0.1, 0.15) is 18.9 Å². The monoisotopic (exact) mass is 551 g/mol. The van der Waals surface area contributed by atoms with Gasteiger partial charge in [-0.25, -0.2) is 19.3 Å². The van der Waals surface area contributed by atoms with E-state index in [0.29, 0.717) is 23.4 Å². The predicted molar refractivity (Wildman–Crippen MR) is 151 cm³/mol. The van der Waals surface area contributed by atoms with Gasteiger partial charge in [-0.2, -0.15) is 5.10 Å². The highest BCUT2D eigenvalue weighted by Crippen LogP contribution is 2.35. The smallest absolute Gasteiger partial charge is 0.168 e. The molecule has 10 nitrogen and oxygen atoms in total. The van der Waals surface area contributed by atoms with Crippen LogP contribution in [-0.2, 0) is 0 Å². The Balaban J connectivity index is 0.00000308. The zero-order valence-corrected chi connectivity index (χ0v) is 22.4. The minimum Gasteiger partial charge on any atom is -0.496 e. The second-order valence-electron chi connectivity index (χ2n) is 9.66. The Morgan fingerprint density at radius 3 is 2.79 bits per heavy atom. The molecule has 1 aromatic carbocycles. The van der Waals surface area contributed by atoms with E-state index in [-0.39, 0.29) is 29.8 Å². The van der Waals surface area contributed by atoms with E-state index in [0.717, 1.165) is 55.8 Å². The number of nitrogens with one attached hydrogen (secondary N) is 2. The number of pyridine rings is 1. The molecule has 39 heavy (non-hydrogen) atoms. The summed E-state index contributed by atoms with van der Waals surface area (Å²) in [6.07, 6.45) is 9.46. The van der Waals surface area contributed by atoms with E-state index in [9.17, 15) is 4.39 Å². The Kier molecular flexibility index (Phi) is 7.92. The maximum atomic E-state index is 14.6. The third-order valence-electron chi connectivity index (χ3n) is 7.06. The lowest BCUT2D eigenvalue weighted by molar-refractivity contribution is 0.318. The van der Waals surface area contributed by atoms with Crippen LogP contribution < -0.4 is 26.0 Å². The molecule has 2 fully saturated rings. The van der Waals surface area contributed by atoms with Gasteiger partial charge in [-0.1, -0.05) is 6.07 Å². The van der Waals surface area contributed by atoms with Crippen LogP contribution in [0.4, 0.5) is 21.7 Å². The molecule has 0 amide bonds. The summed E-state index contributed by atoms with van der Waals surface area (Å²) >= 11 is 0. The average Bonchev–Trinajstić information content (AvgIpc) is 3.36. The van der Waals surface area contributed by atoms with Crippen LogP contribution >= 0.6 is 12.4 Å². The van der Waals surface area contributed by atoms with Crippen LogP contribution in [0, 0.1) is 5.82 Å². The molecule has 204 valence electrons. The molecule has 0 bridgehead atoms. The summed E-state index contributed by atoms with van der Waals surface area (Å²) in [5.41, 5.74) is 9.60. The molecule has 2 aliphatic heterocycles. The summed E-state index contributed by atoms with van der Waals surface area (Å²) in [5, 5.41) is 11.2. The highest BCUT2D eigenvalue weighted by atomic mass is 35.5. The lowest BCUT2D eigenvalue weighted by atomic mass is 10.0. The highest BCUT2D eigenvalue weighted by molar-refractivity contribution is 5.85. The Morgan fingerprint density at radius 2 is 2.03 bits per heavy atom. The van der Waals surface area contributed by atoms with Crippen molar-refractivity contribution < 1.29 is 9.13 Å². The number of nitrogens with two attached hydrogens (primary N) is 1. The predicted octanol–water partition coefficient (Wildman–Crippen LogP) is 3.79. The number of hydrogen-bond acceptors (Lipinski definition) is 9. The van der Waals surface area contributed by atoms with Crippen molar-refractivity contribution in [2.75, 3.05) is 43.5 Å². The summed E-state index contributed by atoms with van der Waals surface area (Å²) in [4.78, 5) is 15.8. The molecule has 4 N–H and O–H groups in total. The second-order valence-corrected chi connectivity index (χ2v) is 9.66. The molecular formula is C27H31ClFN9O. The minimum atomic E-state index is -0.453. The molecule has 1 atom stereocenters. The van der Waals surface area contributed by atoms with E-state index in [2.05, 4.69) is 41.8 Å². The lowest BCUT2D eigenvalue weighted by Crippen LogP contribution is -2.43. The van der Waals surface area contributed by atoms with Gasteiger partial charge in [-0.05, 0) is 31.0 Å². The lowest BCUT2D eigenvalue weighted by Gasteiger charge is -2.34. The standard InChI is InChI=1S/C27H30FN9O.ClH/c1-38-23-6-2-5-21(28)26(23)27-31-8-7-24(35-27)34-25-10-22(36-9-3-4-18(29)16-36)20(14-32-25)17-11-33-37(15-17)19-12-30-13-19;/h2,5-8,10-11,14-15,18-19,30H,3-4,9,12-13,16,29H2,1H3,(H,31,32,34,35);1H/t18-;/m0./s1. The zero-order chi connectivity index (χ0) is 26.1. The van der Waals surface area contributed by atoms with Crippen LogP contribution in [0.2, 0.25) is 0 Å². The number of halogens is 2. The molecule has 6 rings (SSSR count). The van der Waals surface area contributed by atoms with Crippen molar-refractivity contribution >= 4 is 29.7 Å². The maximum Gasteiger partial charge on any atom is 0.168 e. The van der Waals surface area contributed by atoms with Gasteiger partial charge in [0, 0.05) is 73.7 Å². The second kappa shape index (κ2) is 11.5. The van der Waals surface area contributed by atoms with Crippen LogP contribution in [-0.4, -0.2) is 64.1 Å². The number of anilines is 3. The van der Waals surface area contributed by atoms with Gasteiger partial charge in [0.25, 0.3) is 0 Å².